The molecule has 1 N–H and O–H groups in total. The molecule has 3 atom stereocenters. The highest BCUT2D eigenvalue weighted by Gasteiger charge is 2.29. The summed E-state index contributed by atoms with van der Waals surface area (Å²) in [4.78, 5) is 18.5. The molecule has 0 aliphatic carbocycles. The van der Waals surface area contributed by atoms with E-state index in [0.717, 1.165) is 19.6 Å². The Bertz CT molecular complexity index is 513. The van der Waals surface area contributed by atoms with Crippen LogP contribution >= 0.6 is 0 Å². The van der Waals surface area contributed by atoms with Crippen LogP contribution in [0, 0.1) is 0 Å². The Labute approximate surface area is 124 Å². The summed E-state index contributed by atoms with van der Waals surface area (Å²) in [5.41, 5.74) is 0. The highest BCUT2D eigenvalue weighted by molar-refractivity contribution is 5.96. The number of nitrogens with one attached hydrogen (secondary N) is 1. The largest absolute Gasteiger partial charge is 0.477 e. The van der Waals surface area contributed by atoms with Crippen LogP contribution in [0.15, 0.2) is 18.3 Å². The fourth-order valence-electron chi connectivity index (χ4n) is 2.94. The van der Waals surface area contributed by atoms with Crippen LogP contribution in [0.1, 0.15) is 20.3 Å². The predicted molar refractivity (Wildman–Crippen MR) is 78.3 cm³/mol. The number of nitrogens with zero attached hydrogens (tertiary/aromatic N) is 2. The highest BCUT2D eigenvalue weighted by Crippen LogP contribution is 2.27. The number of aromatic nitrogens is 1. The number of fused-ring (bicyclic) bond motifs is 1. The molecule has 1 saturated heterocycles. The quantitative estimate of drug-likeness (QED) is 0.909. The average molecular weight is 291 g/mol. The van der Waals surface area contributed by atoms with Crippen molar-refractivity contribution >= 4 is 11.7 Å². The van der Waals surface area contributed by atoms with Gasteiger partial charge in [-0.3, -0.25) is 9.69 Å². The first-order valence-electron chi connectivity index (χ1n) is 7.42. The maximum absolute atomic E-state index is 12.0. The Balaban J connectivity index is 1.57. The molecule has 0 saturated carbocycles. The van der Waals surface area contributed by atoms with Gasteiger partial charge < -0.3 is 14.8 Å². The van der Waals surface area contributed by atoms with Gasteiger partial charge in [0.2, 0.25) is 0 Å². The summed E-state index contributed by atoms with van der Waals surface area (Å²) >= 11 is 0. The number of amides is 1. The standard InChI is InChI=1S/C15H21N3O3/c1-10-8-18(9-11(2)20-10)7-5-13-15(19)17-14-12(21-13)4-3-6-16-14/h3-4,6,10-11,13H,5,7-9H2,1-2H3,(H,16,17,19)/t10-,11-,13-/m1/s1. The minimum atomic E-state index is -0.449. The second-order valence-corrected chi connectivity index (χ2v) is 5.75. The van der Waals surface area contributed by atoms with E-state index in [1.807, 2.05) is 6.07 Å². The molecule has 1 fully saturated rings. The molecule has 0 bridgehead atoms. The van der Waals surface area contributed by atoms with E-state index in [-0.39, 0.29) is 18.1 Å². The normalized spacial score (nSPS) is 29.4. The van der Waals surface area contributed by atoms with Gasteiger partial charge in [0.15, 0.2) is 17.7 Å². The molecule has 0 radical (unpaired) electrons. The molecule has 2 aliphatic rings. The lowest BCUT2D eigenvalue weighted by Gasteiger charge is -2.36. The van der Waals surface area contributed by atoms with Gasteiger partial charge in [-0.1, -0.05) is 0 Å². The number of pyridine rings is 1. The summed E-state index contributed by atoms with van der Waals surface area (Å²) in [6, 6.07) is 3.63. The third-order valence-corrected chi connectivity index (χ3v) is 3.78. The summed E-state index contributed by atoms with van der Waals surface area (Å²) < 4.78 is 11.5. The van der Waals surface area contributed by atoms with Crippen molar-refractivity contribution in [3.63, 3.8) is 0 Å². The van der Waals surface area contributed by atoms with E-state index in [0.29, 0.717) is 18.0 Å². The lowest BCUT2D eigenvalue weighted by Crippen LogP contribution is -2.47. The molecule has 1 aromatic heterocycles. The molecule has 3 heterocycles. The Hall–Kier alpha value is -1.66. The third-order valence-electron chi connectivity index (χ3n) is 3.78. The van der Waals surface area contributed by atoms with E-state index in [2.05, 4.69) is 29.0 Å². The van der Waals surface area contributed by atoms with Gasteiger partial charge in [0.25, 0.3) is 5.91 Å². The molecule has 1 amide bonds. The monoisotopic (exact) mass is 291 g/mol. The molecule has 1 aromatic rings. The van der Waals surface area contributed by atoms with Crippen molar-refractivity contribution in [1.82, 2.24) is 9.88 Å². The van der Waals surface area contributed by atoms with Crippen molar-refractivity contribution in [1.29, 1.82) is 0 Å². The van der Waals surface area contributed by atoms with Gasteiger partial charge in [-0.15, -0.1) is 0 Å². The SMILES string of the molecule is C[C@@H]1CN(CC[C@H]2Oc3cccnc3NC2=O)C[C@@H](C)O1. The van der Waals surface area contributed by atoms with Crippen LogP contribution in [0.5, 0.6) is 5.75 Å². The lowest BCUT2D eigenvalue weighted by molar-refractivity contribution is -0.124. The number of anilines is 1. The van der Waals surface area contributed by atoms with Gasteiger partial charge in [-0.25, -0.2) is 4.98 Å². The molecular formula is C15H21N3O3. The Morgan fingerprint density at radius 3 is 2.90 bits per heavy atom. The van der Waals surface area contributed by atoms with E-state index in [4.69, 9.17) is 9.47 Å². The Morgan fingerprint density at radius 1 is 1.38 bits per heavy atom. The first-order valence-corrected chi connectivity index (χ1v) is 7.42. The molecule has 0 aromatic carbocycles. The van der Waals surface area contributed by atoms with Crippen molar-refractivity contribution < 1.29 is 14.3 Å². The first-order chi connectivity index (χ1) is 10.1. The fourth-order valence-corrected chi connectivity index (χ4v) is 2.94. The van der Waals surface area contributed by atoms with Crippen LogP contribution in [-0.2, 0) is 9.53 Å². The van der Waals surface area contributed by atoms with Crippen molar-refractivity contribution in [2.24, 2.45) is 0 Å². The zero-order valence-corrected chi connectivity index (χ0v) is 12.4. The number of carbonyl (C=O) groups excluding carboxylic acids is 1. The van der Waals surface area contributed by atoms with Crippen LogP contribution in [0.25, 0.3) is 0 Å². The molecular weight excluding hydrogens is 270 g/mol. The van der Waals surface area contributed by atoms with Gasteiger partial charge >= 0.3 is 0 Å². The number of morpholine rings is 1. The Kier molecular flexibility index (Phi) is 4.07. The first kappa shape index (κ1) is 14.3. The molecule has 2 aliphatic heterocycles. The van der Waals surface area contributed by atoms with Crippen molar-refractivity contribution in [2.45, 2.75) is 38.6 Å². The summed E-state index contributed by atoms with van der Waals surface area (Å²) in [7, 11) is 0. The van der Waals surface area contributed by atoms with Crippen LogP contribution in [0.3, 0.4) is 0 Å². The van der Waals surface area contributed by atoms with Gasteiger partial charge in [0.1, 0.15) is 0 Å². The predicted octanol–water partition coefficient (Wildman–Crippen LogP) is 1.28. The number of hydrogen-bond acceptors (Lipinski definition) is 5. The van der Waals surface area contributed by atoms with Crippen molar-refractivity contribution in [3.05, 3.63) is 18.3 Å². The van der Waals surface area contributed by atoms with Crippen molar-refractivity contribution in [2.75, 3.05) is 25.0 Å². The number of ether oxygens (including phenoxy) is 2. The third kappa shape index (κ3) is 3.33. The summed E-state index contributed by atoms with van der Waals surface area (Å²) in [6.07, 6.45) is 2.33. The summed E-state index contributed by atoms with van der Waals surface area (Å²) in [6.45, 7) is 6.78. The second-order valence-electron chi connectivity index (χ2n) is 5.75. The van der Waals surface area contributed by atoms with Crippen LogP contribution in [0.4, 0.5) is 5.82 Å². The number of hydrogen-bond donors (Lipinski definition) is 1. The van der Waals surface area contributed by atoms with Gasteiger partial charge in [-0.05, 0) is 26.0 Å². The highest BCUT2D eigenvalue weighted by atomic mass is 16.5. The van der Waals surface area contributed by atoms with E-state index in [1.165, 1.54) is 0 Å². The Morgan fingerprint density at radius 2 is 2.14 bits per heavy atom. The van der Waals surface area contributed by atoms with E-state index >= 15 is 0 Å². The van der Waals surface area contributed by atoms with Crippen LogP contribution in [0.2, 0.25) is 0 Å². The zero-order chi connectivity index (χ0) is 14.8. The number of rotatable bonds is 3. The molecule has 6 nitrogen and oxygen atoms in total. The maximum atomic E-state index is 12.0. The van der Waals surface area contributed by atoms with E-state index in [1.54, 1.807) is 12.3 Å². The van der Waals surface area contributed by atoms with Crippen LogP contribution < -0.4 is 10.1 Å². The summed E-state index contributed by atoms with van der Waals surface area (Å²) in [5.74, 6) is 1.04. The molecule has 0 spiro atoms. The van der Waals surface area contributed by atoms with E-state index in [9.17, 15) is 4.79 Å². The molecule has 6 heteroatoms. The topological polar surface area (TPSA) is 63.7 Å². The minimum absolute atomic E-state index is 0.115. The minimum Gasteiger partial charge on any atom is -0.477 e. The van der Waals surface area contributed by atoms with E-state index < -0.39 is 6.10 Å². The zero-order valence-electron chi connectivity index (χ0n) is 12.4. The number of carbonyl (C=O) groups is 1. The van der Waals surface area contributed by atoms with Crippen LogP contribution in [-0.4, -0.2) is 53.7 Å². The summed E-state index contributed by atoms with van der Waals surface area (Å²) in [5, 5.41) is 2.80. The molecule has 21 heavy (non-hydrogen) atoms. The van der Waals surface area contributed by atoms with Gasteiger partial charge in [-0.2, -0.15) is 0 Å². The molecule has 0 unspecified atom stereocenters. The van der Waals surface area contributed by atoms with Gasteiger partial charge in [0.05, 0.1) is 12.2 Å². The fraction of sp³-hybridized carbons (Fsp3) is 0.600. The van der Waals surface area contributed by atoms with Gasteiger partial charge in [0, 0.05) is 32.3 Å². The maximum Gasteiger partial charge on any atom is 0.266 e. The second kappa shape index (κ2) is 5.99. The van der Waals surface area contributed by atoms with Crippen molar-refractivity contribution in [3.8, 4) is 5.75 Å². The average Bonchev–Trinajstić information content (AvgIpc) is 2.44. The smallest absolute Gasteiger partial charge is 0.266 e. The molecule has 3 rings (SSSR count). The molecule has 114 valence electrons. The lowest BCUT2D eigenvalue weighted by atomic mass is 10.1.